The second-order valence-corrected chi connectivity index (χ2v) is 8.32. The molecule has 8 heteroatoms. The zero-order valence-electron chi connectivity index (χ0n) is 18.3. The highest BCUT2D eigenvalue weighted by molar-refractivity contribution is 5.82. The zero-order valence-corrected chi connectivity index (χ0v) is 18.3. The zero-order chi connectivity index (χ0) is 23.1. The van der Waals surface area contributed by atoms with E-state index in [9.17, 15) is 14.7 Å². The van der Waals surface area contributed by atoms with Crippen molar-refractivity contribution in [2.75, 3.05) is 23.8 Å². The van der Waals surface area contributed by atoms with E-state index in [-0.39, 0.29) is 19.6 Å². The Kier molecular flexibility index (Phi) is 7.74. The molecule has 0 bridgehead atoms. The van der Waals surface area contributed by atoms with Gasteiger partial charge in [0.05, 0.1) is 17.8 Å². The third kappa shape index (κ3) is 7.40. The molecular formula is C23H30N2O6. The van der Waals surface area contributed by atoms with Crippen LogP contribution in [-0.4, -0.2) is 46.4 Å². The second-order valence-electron chi connectivity index (χ2n) is 8.32. The van der Waals surface area contributed by atoms with Crippen LogP contribution >= 0.6 is 0 Å². The van der Waals surface area contributed by atoms with Crippen LogP contribution in [0.5, 0.6) is 11.5 Å². The van der Waals surface area contributed by atoms with Crippen LogP contribution in [0, 0.1) is 0 Å². The van der Waals surface area contributed by atoms with Crippen LogP contribution in [-0.2, 0) is 9.59 Å². The fraction of sp³-hybridized carbons (Fsp3) is 0.391. The van der Waals surface area contributed by atoms with Crippen LogP contribution in [0.25, 0.3) is 0 Å². The number of benzene rings is 2. The molecule has 0 aromatic heterocycles. The Bertz CT molecular complexity index is 910. The highest BCUT2D eigenvalue weighted by Gasteiger charge is 2.27. The number of nitrogens with one attached hydrogen (secondary N) is 2. The predicted octanol–water partition coefficient (Wildman–Crippen LogP) is 4.08. The number of carboxylic acids is 2. The monoisotopic (exact) mass is 430 g/mol. The molecule has 0 atom stereocenters. The first-order valence-electron chi connectivity index (χ1n) is 9.95. The van der Waals surface area contributed by atoms with E-state index in [1.807, 2.05) is 32.0 Å². The smallest absolute Gasteiger partial charge is 0.328 e. The van der Waals surface area contributed by atoms with Gasteiger partial charge in [-0.15, -0.1) is 0 Å². The predicted molar refractivity (Wildman–Crippen MR) is 119 cm³/mol. The molecule has 0 spiro atoms. The van der Waals surface area contributed by atoms with Crippen molar-refractivity contribution in [1.82, 2.24) is 0 Å². The number of anilines is 2. The molecule has 2 aromatic rings. The molecule has 0 saturated carbocycles. The van der Waals surface area contributed by atoms with Crippen molar-refractivity contribution in [1.29, 1.82) is 0 Å². The first kappa shape index (κ1) is 23.9. The minimum Gasteiger partial charge on any atom is -0.488 e. The highest BCUT2D eigenvalue weighted by Crippen LogP contribution is 2.29. The molecule has 2 rings (SSSR count). The number of rotatable bonds is 12. The minimum atomic E-state index is -1.15. The molecule has 0 aliphatic carbocycles. The standard InChI is InChI=1S/C23H30N2O6/c1-22(2,15-20(26)27)24-16-9-5-7-11-18(16)30-13-14-31-19-12-8-6-10-17(19)25-23(3,4)21(28)29/h5-12,24-25H,13-15H2,1-4H3,(H,26,27)(H,28,29). The van der Waals surface area contributed by atoms with Gasteiger partial charge in [-0.2, -0.15) is 0 Å². The number of carboxylic acid groups (broad SMARTS) is 2. The van der Waals surface area contributed by atoms with Crippen molar-refractivity contribution in [2.24, 2.45) is 0 Å². The highest BCUT2D eigenvalue weighted by atomic mass is 16.5. The summed E-state index contributed by atoms with van der Waals surface area (Å²) in [6, 6.07) is 14.4. The van der Waals surface area contributed by atoms with E-state index >= 15 is 0 Å². The van der Waals surface area contributed by atoms with Crippen LogP contribution in [0.2, 0.25) is 0 Å². The quantitative estimate of drug-likeness (QED) is 0.372. The lowest BCUT2D eigenvalue weighted by Crippen LogP contribution is -2.40. The summed E-state index contributed by atoms with van der Waals surface area (Å²) in [6.07, 6.45) is -0.0408. The topological polar surface area (TPSA) is 117 Å². The first-order valence-corrected chi connectivity index (χ1v) is 9.95. The summed E-state index contributed by atoms with van der Waals surface area (Å²) in [5, 5.41) is 24.6. The van der Waals surface area contributed by atoms with E-state index < -0.39 is 23.0 Å². The molecule has 168 valence electrons. The van der Waals surface area contributed by atoms with E-state index in [2.05, 4.69) is 10.6 Å². The number of carbonyl (C=O) groups is 2. The van der Waals surface area contributed by atoms with Gasteiger partial charge in [-0.3, -0.25) is 4.79 Å². The molecule has 0 aliphatic rings. The minimum absolute atomic E-state index is 0.0408. The summed E-state index contributed by atoms with van der Waals surface area (Å²) >= 11 is 0. The maximum absolute atomic E-state index is 11.4. The molecule has 0 radical (unpaired) electrons. The molecule has 31 heavy (non-hydrogen) atoms. The molecular weight excluding hydrogens is 400 g/mol. The summed E-state index contributed by atoms with van der Waals surface area (Å²) in [5.74, 6) is -0.749. The lowest BCUT2D eigenvalue weighted by molar-refractivity contribution is -0.141. The maximum atomic E-state index is 11.4. The average molecular weight is 431 g/mol. The van der Waals surface area contributed by atoms with Crippen molar-refractivity contribution in [3.05, 3.63) is 48.5 Å². The molecule has 0 fully saturated rings. The van der Waals surface area contributed by atoms with E-state index in [1.165, 1.54) is 0 Å². The number of hydrogen-bond acceptors (Lipinski definition) is 6. The molecule has 0 unspecified atom stereocenters. The Balaban J connectivity index is 1.98. The van der Waals surface area contributed by atoms with Gasteiger partial charge in [-0.1, -0.05) is 24.3 Å². The van der Waals surface area contributed by atoms with E-state index in [4.69, 9.17) is 14.6 Å². The molecule has 0 amide bonds. The van der Waals surface area contributed by atoms with Crippen molar-refractivity contribution >= 4 is 23.3 Å². The molecule has 4 N–H and O–H groups in total. The summed E-state index contributed by atoms with van der Waals surface area (Å²) in [5.41, 5.74) is -0.529. The third-order valence-electron chi connectivity index (χ3n) is 4.42. The van der Waals surface area contributed by atoms with Gasteiger partial charge in [0.2, 0.25) is 0 Å². The molecule has 0 saturated heterocycles. The van der Waals surface area contributed by atoms with Gasteiger partial charge >= 0.3 is 11.9 Å². The van der Waals surface area contributed by atoms with Gasteiger partial charge in [-0.05, 0) is 52.0 Å². The number of para-hydroxylation sites is 4. The Hall–Kier alpha value is -3.42. The fourth-order valence-electron chi connectivity index (χ4n) is 2.87. The van der Waals surface area contributed by atoms with Gasteiger partial charge in [0.1, 0.15) is 30.3 Å². The van der Waals surface area contributed by atoms with Gasteiger partial charge in [0.25, 0.3) is 0 Å². The lowest BCUT2D eigenvalue weighted by atomic mass is 10.0. The van der Waals surface area contributed by atoms with E-state index in [1.54, 1.807) is 44.2 Å². The van der Waals surface area contributed by atoms with Crippen molar-refractivity contribution in [2.45, 2.75) is 45.2 Å². The van der Waals surface area contributed by atoms with Crippen LogP contribution in [0.4, 0.5) is 11.4 Å². The second kappa shape index (κ2) is 10.1. The summed E-state index contributed by atoms with van der Waals surface area (Å²) in [7, 11) is 0. The first-order chi connectivity index (χ1) is 14.5. The third-order valence-corrected chi connectivity index (χ3v) is 4.42. The van der Waals surface area contributed by atoms with Crippen LogP contribution in [0.3, 0.4) is 0 Å². The molecule has 0 aliphatic heterocycles. The Labute approximate surface area is 182 Å². The Morgan fingerprint density at radius 2 is 1.26 bits per heavy atom. The van der Waals surface area contributed by atoms with Gasteiger partial charge in [-0.25, -0.2) is 4.79 Å². The summed E-state index contributed by atoms with van der Waals surface area (Å²) in [4.78, 5) is 22.4. The molecule has 8 nitrogen and oxygen atoms in total. The summed E-state index contributed by atoms with van der Waals surface area (Å²) in [6.45, 7) is 7.25. The number of ether oxygens (including phenoxy) is 2. The van der Waals surface area contributed by atoms with Crippen molar-refractivity contribution in [3.63, 3.8) is 0 Å². The molecule has 0 heterocycles. The van der Waals surface area contributed by atoms with Gasteiger partial charge in [0, 0.05) is 5.54 Å². The maximum Gasteiger partial charge on any atom is 0.328 e. The Morgan fingerprint density at radius 1 is 0.806 bits per heavy atom. The van der Waals surface area contributed by atoms with E-state index in [0.29, 0.717) is 22.9 Å². The van der Waals surface area contributed by atoms with Crippen molar-refractivity contribution in [3.8, 4) is 11.5 Å². The van der Waals surface area contributed by atoms with Crippen molar-refractivity contribution < 1.29 is 29.3 Å². The largest absolute Gasteiger partial charge is 0.488 e. The van der Waals surface area contributed by atoms with Gasteiger partial charge < -0.3 is 30.3 Å². The Morgan fingerprint density at radius 3 is 1.71 bits per heavy atom. The average Bonchev–Trinajstić information content (AvgIpc) is 2.66. The van der Waals surface area contributed by atoms with Crippen LogP contribution in [0.1, 0.15) is 34.1 Å². The summed E-state index contributed by atoms with van der Waals surface area (Å²) < 4.78 is 11.6. The fourth-order valence-corrected chi connectivity index (χ4v) is 2.87. The van der Waals surface area contributed by atoms with E-state index in [0.717, 1.165) is 0 Å². The number of hydrogen-bond donors (Lipinski definition) is 4. The van der Waals surface area contributed by atoms with Crippen LogP contribution in [0.15, 0.2) is 48.5 Å². The van der Waals surface area contributed by atoms with Gasteiger partial charge in [0.15, 0.2) is 0 Å². The SMILES string of the molecule is CC(C)(CC(=O)O)Nc1ccccc1OCCOc1ccccc1NC(C)(C)C(=O)O. The normalized spacial score (nSPS) is 11.5. The van der Waals surface area contributed by atoms with Crippen LogP contribution < -0.4 is 20.1 Å². The molecule has 2 aromatic carbocycles. The lowest BCUT2D eigenvalue weighted by Gasteiger charge is -2.27. The number of aliphatic carboxylic acids is 2.